The van der Waals surface area contributed by atoms with Crippen LogP contribution in [0, 0.1) is 10.1 Å². The number of amides is 1. The van der Waals surface area contributed by atoms with Crippen LogP contribution in [0.1, 0.15) is 52.8 Å². The van der Waals surface area contributed by atoms with Crippen LogP contribution in [0.5, 0.6) is 0 Å². The van der Waals surface area contributed by atoms with E-state index in [1.807, 2.05) is 6.07 Å². The molecule has 2 atom stereocenters. The van der Waals surface area contributed by atoms with Gasteiger partial charge in [-0.1, -0.05) is 0 Å². The van der Waals surface area contributed by atoms with Crippen LogP contribution in [0.2, 0.25) is 0 Å². The molecule has 0 radical (unpaired) electrons. The van der Waals surface area contributed by atoms with Gasteiger partial charge >= 0.3 is 0 Å². The second-order valence-electron chi connectivity index (χ2n) is 7.28. The summed E-state index contributed by atoms with van der Waals surface area (Å²) in [7, 11) is 0. The van der Waals surface area contributed by atoms with Crippen molar-refractivity contribution < 1.29 is 9.72 Å². The highest BCUT2D eigenvalue weighted by molar-refractivity contribution is 9.10. The lowest BCUT2D eigenvalue weighted by atomic mass is 10.00. The molecule has 0 saturated heterocycles. The molecule has 0 aliphatic heterocycles. The predicted molar refractivity (Wildman–Crippen MR) is 108 cm³/mol. The van der Waals surface area contributed by atoms with Gasteiger partial charge in [0, 0.05) is 34.0 Å². The van der Waals surface area contributed by atoms with Crippen molar-refractivity contribution in [1.29, 1.82) is 0 Å². The Morgan fingerprint density at radius 3 is 2.50 bits per heavy atom. The lowest BCUT2D eigenvalue weighted by molar-refractivity contribution is -0.384. The number of benzene rings is 2. The van der Waals surface area contributed by atoms with Crippen LogP contribution in [0.4, 0.5) is 11.4 Å². The molecule has 1 heterocycles. The van der Waals surface area contributed by atoms with E-state index in [0.29, 0.717) is 33.1 Å². The Labute approximate surface area is 168 Å². The van der Waals surface area contributed by atoms with Gasteiger partial charge < -0.3 is 5.32 Å². The molecular weight excluding hydrogens is 424 g/mol. The molecule has 2 aliphatic carbocycles. The second kappa shape index (κ2) is 6.34. The Balaban J connectivity index is 1.47. The zero-order valence-corrected chi connectivity index (χ0v) is 16.3. The molecule has 0 spiro atoms. The van der Waals surface area contributed by atoms with Gasteiger partial charge in [-0.15, -0.1) is 0 Å². The number of rotatable bonds is 3. The number of halogens is 1. The SMILES string of the molecule is O=C(Nc1cc([N+](=O)[O-])ccc1Br)c1ccc2nc3c(nc2c1)C1CCC3C1. The number of fused-ring (bicyclic) bond motifs is 6. The Bertz CT molecular complexity index is 1160. The summed E-state index contributed by atoms with van der Waals surface area (Å²) in [6.07, 6.45) is 3.50. The number of nitro groups is 1. The Morgan fingerprint density at radius 1 is 1.07 bits per heavy atom. The quantitative estimate of drug-likeness (QED) is 0.462. The van der Waals surface area contributed by atoms with Crippen molar-refractivity contribution in [3.63, 3.8) is 0 Å². The topological polar surface area (TPSA) is 98.0 Å². The molecule has 2 unspecified atom stereocenters. The number of nitrogens with zero attached hydrogens (tertiary/aromatic N) is 3. The maximum Gasteiger partial charge on any atom is 0.271 e. The number of carbonyl (C=O) groups is 1. The summed E-state index contributed by atoms with van der Waals surface area (Å²) in [5.41, 5.74) is 4.40. The van der Waals surface area contributed by atoms with E-state index in [1.165, 1.54) is 31.0 Å². The first-order chi connectivity index (χ1) is 13.5. The minimum absolute atomic E-state index is 0.0894. The minimum atomic E-state index is -0.498. The van der Waals surface area contributed by atoms with Gasteiger partial charge in [0.1, 0.15) is 0 Å². The van der Waals surface area contributed by atoms with Crippen molar-refractivity contribution in [3.8, 4) is 0 Å². The fraction of sp³-hybridized carbons (Fsp3) is 0.250. The van der Waals surface area contributed by atoms with Crippen LogP contribution in [0.25, 0.3) is 11.0 Å². The predicted octanol–water partition coefficient (Wildman–Crippen LogP) is 4.92. The second-order valence-corrected chi connectivity index (χ2v) is 8.13. The number of hydrogen-bond acceptors (Lipinski definition) is 5. The highest BCUT2D eigenvalue weighted by Gasteiger charge is 2.39. The number of non-ortho nitro benzene ring substituents is 1. The van der Waals surface area contributed by atoms with Gasteiger partial charge in [0.05, 0.1) is 33.0 Å². The van der Waals surface area contributed by atoms with Crippen LogP contribution >= 0.6 is 15.9 Å². The van der Waals surface area contributed by atoms with E-state index in [0.717, 1.165) is 23.3 Å². The molecule has 2 aromatic carbocycles. The lowest BCUT2D eigenvalue weighted by Crippen LogP contribution is -2.13. The van der Waals surface area contributed by atoms with Crippen LogP contribution in [-0.4, -0.2) is 20.8 Å². The largest absolute Gasteiger partial charge is 0.321 e. The summed E-state index contributed by atoms with van der Waals surface area (Å²) in [5, 5.41) is 13.7. The first-order valence-electron chi connectivity index (χ1n) is 9.06. The average molecular weight is 439 g/mol. The maximum atomic E-state index is 12.7. The Morgan fingerprint density at radius 2 is 1.79 bits per heavy atom. The van der Waals surface area contributed by atoms with E-state index in [-0.39, 0.29) is 11.6 Å². The highest BCUT2D eigenvalue weighted by Crippen LogP contribution is 2.51. The third-order valence-corrected chi connectivity index (χ3v) is 6.29. The van der Waals surface area contributed by atoms with Crippen molar-refractivity contribution in [2.24, 2.45) is 0 Å². The van der Waals surface area contributed by atoms with Crippen LogP contribution in [0.15, 0.2) is 40.9 Å². The fourth-order valence-electron chi connectivity index (χ4n) is 4.22. The van der Waals surface area contributed by atoms with Crippen molar-refractivity contribution in [2.75, 3.05) is 5.32 Å². The lowest BCUT2D eigenvalue weighted by Gasteiger charge is -2.14. The molecule has 28 heavy (non-hydrogen) atoms. The smallest absolute Gasteiger partial charge is 0.271 e. The van der Waals surface area contributed by atoms with E-state index in [9.17, 15) is 14.9 Å². The molecule has 2 aliphatic rings. The van der Waals surface area contributed by atoms with E-state index < -0.39 is 4.92 Å². The molecule has 1 N–H and O–H groups in total. The zero-order valence-electron chi connectivity index (χ0n) is 14.7. The maximum absolute atomic E-state index is 12.7. The number of hydrogen-bond donors (Lipinski definition) is 1. The highest BCUT2D eigenvalue weighted by atomic mass is 79.9. The van der Waals surface area contributed by atoms with Gasteiger partial charge in [0.2, 0.25) is 0 Å². The molecule has 1 amide bonds. The van der Waals surface area contributed by atoms with Gasteiger partial charge in [-0.05, 0) is 59.5 Å². The third-order valence-electron chi connectivity index (χ3n) is 5.60. The summed E-state index contributed by atoms with van der Waals surface area (Å²) in [5.74, 6) is 0.674. The Hall–Kier alpha value is -2.87. The summed E-state index contributed by atoms with van der Waals surface area (Å²) in [4.78, 5) is 32.8. The zero-order chi connectivity index (χ0) is 19.4. The summed E-state index contributed by atoms with van der Waals surface area (Å²) in [6, 6.07) is 9.49. The molecule has 8 heteroatoms. The average Bonchev–Trinajstić information content (AvgIpc) is 3.29. The molecular formula is C20H15BrN4O3. The summed E-state index contributed by atoms with van der Waals surface area (Å²) < 4.78 is 0.570. The van der Waals surface area contributed by atoms with E-state index in [4.69, 9.17) is 9.97 Å². The number of aromatic nitrogens is 2. The Kier molecular flexibility index (Phi) is 3.90. The van der Waals surface area contributed by atoms with Gasteiger partial charge in [-0.2, -0.15) is 0 Å². The van der Waals surface area contributed by atoms with Gasteiger partial charge in [0.25, 0.3) is 11.6 Å². The molecule has 2 bridgehead atoms. The van der Waals surface area contributed by atoms with Crippen LogP contribution in [0.3, 0.4) is 0 Å². The van der Waals surface area contributed by atoms with Gasteiger partial charge in [-0.3, -0.25) is 14.9 Å². The molecule has 3 aromatic rings. The monoisotopic (exact) mass is 438 g/mol. The van der Waals surface area contributed by atoms with Crippen molar-refractivity contribution in [3.05, 3.63) is 67.9 Å². The molecule has 5 rings (SSSR count). The van der Waals surface area contributed by atoms with E-state index in [2.05, 4.69) is 21.2 Å². The normalized spacial score (nSPS) is 19.6. The van der Waals surface area contributed by atoms with Crippen molar-refractivity contribution in [1.82, 2.24) is 9.97 Å². The summed E-state index contributed by atoms with van der Waals surface area (Å²) in [6.45, 7) is 0. The number of carbonyl (C=O) groups excluding carboxylic acids is 1. The number of nitrogens with one attached hydrogen (secondary N) is 1. The standard InChI is InChI=1S/C20H15BrN4O3/c21-14-5-4-13(25(27)28)9-16(14)24-20(26)12-3-6-15-17(8-12)23-19-11-2-1-10(7-11)18(19)22-15/h3-6,8-11H,1-2,7H2,(H,24,26). The van der Waals surface area contributed by atoms with Crippen molar-refractivity contribution >= 4 is 44.2 Å². The van der Waals surface area contributed by atoms with Crippen LogP contribution in [-0.2, 0) is 0 Å². The molecule has 7 nitrogen and oxygen atoms in total. The molecule has 140 valence electrons. The number of anilines is 1. The van der Waals surface area contributed by atoms with Gasteiger partial charge in [-0.25, -0.2) is 9.97 Å². The fourth-order valence-corrected chi connectivity index (χ4v) is 4.56. The molecule has 1 fully saturated rings. The van der Waals surface area contributed by atoms with Crippen LogP contribution < -0.4 is 5.32 Å². The van der Waals surface area contributed by atoms with E-state index in [1.54, 1.807) is 12.1 Å². The third kappa shape index (κ3) is 2.75. The first kappa shape index (κ1) is 17.2. The minimum Gasteiger partial charge on any atom is -0.321 e. The van der Waals surface area contributed by atoms with Crippen molar-refractivity contribution in [2.45, 2.75) is 31.1 Å². The number of nitro benzene ring substituents is 1. The summed E-state index contributed by atoms with van der Waals surface area (Å²) >= 11 is 3.31. The first-order valence-corrected chi connectivity index (χ1v) is 9.86. The molecule has 1 aromatic heterocycles. The molecule has 1 saturated carbocycles. The van der Waals surface area contributed by atoms with Gasteiger partial charge in [0.15, 0.2) is 0 Å². The van der Waals surface area contributed by atoms with E-state index >= 15 is 0 Å².